The van der Waals surface area contributed by atoms with Gasteiger partial charge < -0.3 is 9.47 Å². The lowest BCUT2D eigenvalue weighted by atomic mass is 9.69. The van der Waals surface area contributed by atoms with Crippen LogP contribution in [0.5, 0.6) is 11.5 Å². The van der Waals surface area contributed by atoms with Crippen LogP contribution in [0.25, 0.3) is 0 Å². The highest BCUT2D eigenvalue weighted by Gasteiger charge is 2.30. The summed E-state index contributed by atoms with van der Waals surface area (Å²) in [6, 6.07) is 2.88. The first kappa shape index (κ1) is 23.0. The summed E-state index contributed by atoms with van der Waals surface area (Å²) in [5.74, 6) is 0.553. The topological polar surface area (TPSA) is 18.5 Å². The Balaban J connectivity index is 1.40. The van der Waals surface area contributed by atoms with E-state index in [1.807, 2.05) is 6.08 Å². The molecule has 0 heterocycles. The van der Waals surface area contributed by atoms with Crippen molar-refractivity contribution in [2.75, 3.05) is 19.9 Å². The van der Waals surface area contributed by atoms with Crippen molar-refractivity contribution in [2.24, 2.45) is 23.7 Å². The summed E-state index contributed by atoms with van der Waals surface area (Å²) in [4.78, 5) is 0. The third-order valence-corrected chi connectivity index (χ3v) is 6.84. The fraction of sp³-hybridized carbons (Fsp3) is 0.680. The number of hydrogen-bond donors (Lipinski definition) is 0. The highest BCUT2D eigenvalue weighted by atomic mass is 19.2. The van der Waals surface area contributed by atoms with Gasteiger partial charge in [0.1, 0.15) is 0 Å². The average molecular weight is 425 g/mol. The predicted molar refractivity (Wildman–Crippen MR) is 114 cm³/mol. The molecule has 2 fully saturated rings. The molecule has 0 N–H and O–H groups in total. The molecule has 2 aliphatic carbocycles. The van der Waals surface area contributed by atoms with Gasteiger partial charge in [0.15, 0.2) is 11.5 Å². The molecule has 0 aliphatic heterocycles. The molecular weight excluding hydrogens is 389 g/mol. The number of ether oxygens (including phenoxy) is 2. The zero-order valence-electron chi connectivity index (χ0n) is 18.1. The Bertz CT molecular complexity index is 675. The summed E-state index contributed by atoms with van der Waals surface area (Å²) in [7, 11) is 0. The van der Waals surface area contributed by atoms with Crippen LogP contribution in [0.1, 0.15) is 64.7 Å². The van der Waals surface area contributed by atoms with Crippen molar-refractivity contribution in [3.8, 4) is 11.5 Å². The maximum atomic E-state index is 14.2. The normalized spacial score (nSPS) is 27.3. The van der Waals surface area contributed by atoms with Gasteiger partial charge in [-0.05, 0) is 101 Å². The lowest BCUT2D eigenvalue weighted by Crippen LogP contribution is -2.27. The van der Waals surface area contributed by atoms with Gasteiger partial charge in [0, 0.05) is 0 Å². The van der Waals surface area contributed by atoms with E-state index in [-0.39, 0.29) is 24.8 Å². The number of rotatable bonds is 9. The van der Waals surface area contributed by atoms with Crippen LogP contribution in [0.15, 0.2) is 24.3 Å². The largest absolute Gasteiger partial charge is 0.491 e. The molecule has 5 heteroatoms. The smallest absolute Gasteiger partial charge is 0.204 e. The molecule has 0 spiro atoms. The number of allylic oxidation sites excluding steroid dienone is 2. The summed E-state index contributed by atoms with van der Waals surface area (Å²) in [5.41, 5.74) is 0. The van der Waals surface area contributed by atoms with Crippen LogP contribution in [0.3, 0.4) is 0 Å². The minimum absolute atomic E-state index is 0.0304. The minimum atomic E-state index is -0.979. The first-order valence-electron chi connectivity index (χ1n) is 11.6. The third-order valence-electron chi connectivity index (χ3n) is 6.84. The zero-order valence-corrected chi connectivity index (χ0v) is 18.1. The maximum absolute atomic E-state index is 14.2. The van der Waals surface area contributed by atoms with Crippen LogP contribution >= 0.6 is 0 Å². The summed E-state index contributed by atoms with van der Waals surface area (Å²) >= 11 is 0. The molecule has 0 saturated heterocycles. The highest BCUT2D eigenvalue weighted by molar-refractivity contribution is 5.35. The molecule has 2 nitrogen and oxygen atoms in total. The van der Waals surface area contributed by atoms with Crippen molar-refractivity contribution in [3.05, 3.63) is 35.9 Å². The summed E-state index contributed by atoms with van der Waals surface area (Å²) in [6.07, 6.45) is 14.3. The summed E-state index contributed by atoms with van der Waals surface area (Å²) in [5, 5.41) is 0. The standard InChI is InChI=1S/C25H35F3O2/c1-2-29-22-14-15-23(25(28)24(22)27)30-17-19-8-12-21(13-9-19)20-10-6-18(7-11-20)5-3-4-16-26/h3,5,14-15,18-21H,2,4,6-13,16-17H2,1H3/b5-3+. The maximum Gasteiger partial charge on any atom is 0.204 e. The molecule has 0 amide bonds. The summed E-state index contributed by atoms with van der Waals surface area (Å²) in [6.45, 7) is 2.19. The molecule has 2 aliphatic rings. The Kier molecular flexibility index (Phi) is 8.95. The van der Waals surface area contributed by atoms with Gasteiger partial charge in [-0.15, -0.1) is 0 Å². The van der Waals surface area contributed by atoms with Crippen LogP contribution in [0.4, 0.5) is 13.2 Å². The molecule has 1 aromatic carbocycles. The zero-order chi connectivity index (χ0) is 21.3. The van der Waals surface area contributed by atoms with Crippen molar-refractivity contribution >= 4 is 0 Å². The number of alkyl halides is 1. The molecule has 3 rings (SSSR count). The Hall–Kier alpha value is -1.65. The van der Waals surface area contributed by atoms with E-state index in [1.54, 1.807) is 6.92 Å². The van der Waals surface area contributed by atoms with Crippen LogP contribution in [-0.2, 0) is 0 Å². The lowest BCUT2D eigenvalue weighted by molar-refractivity contribution is 0.127. The Labute approximate surface area is 178 Å². The molecule has 0 unspecified atom stereocenters. The van der Waals surface area contributed by atoms with Gasteiger partial charge in [0.25, 0.3) is 0 Å². The van der Waals surface area contributed by atoms with Crippen molar-refractivity contribution in [2.45, 2.75) is 64.7 Å². The van der Waals surface area contributed by atoms with Crippen LogP contribution < -0.4 is 9.47 Å². The lowest BCUT2D eigenvalue weighted by Gasteiger charge is -2.37. The van der Waals surface area contributed by atoms with Crippen molar-refractivity contribution < 1.29 is 22.6 Å². The van der Waals surface area contributed by atoms with Gasteiger partial charge in [-0.2, -0.15) is 8.78 Å². The van der Waals surface area contributed by atoms with Gasteiger partial charge in [-0.25, -0.2) is 0 Å². The molecule has 0 aromatic heterocycles. The fourth-order valence-electron chi connectivity index (χ4n) is 5.09. The second-order valence-corrected chi connectivity index (χ2v) is 8.80. The monoisotopic (exact) mass is 424 g/mol. The van der Waals surface area contributed by atoms with Crippen molar-refractivity contribution in [1.29, 1.82) is 0 Å². The van der Waals surface area contributed by atoms with Gasteiger partial charge in [-0.3, -0.25) is 4.39 Å². The van der Waals surface area contributed by atoms with E-state index >= 15 is 0 Å². The number of halogens is 3. The van der Waals surface area contributed by atoms with E-state index in [9.17, 15) is 13.2 Å². The number of benzene rings is 1. The van der Waals surface area contributed by atoms with E-state index in [0.29, 0.717) is 24.9 Å². The molecule has 0 radical (unpaired) electrons. The molecule has 168 valence electrons. The first-order valence-corrected chi connectivity index (χ1v) is 11.6. The minimum Gasteiger partial charge on any atom is -0.491 e. The molecular formula is C25H35F3O2. The molecule has 30 heavy (non-hydrogen) atoms. The quantitative estimate of drug-likeness (QED) is 0.388. The van der Waals surface area contributed by atoms with E-state index in [0.717, 1.165) is 24.7 Å². The second-order valence-electron chi connectivity index (χ2n) is 8.80. The summed E-state index contributed by atoms with van der Waals surface area (Å²) < 4.78 is 51.1. The van der Waals surface area contributed by atoms with Gasteiger partial charge >= 0.3 is 0 Å². The van der Waals surface area contributed by atoms with Crippen molar-refractivity contribution in [1.82, 2.24) is 0 Å². The predicted octanol–water partition coefficient (Wildman–Crippen LogP) is 7.27. The van der Waals surface area contributed by atoms with E-state index < -0.39 is 11.6 Å². The van der Waals surface area contributed by atoms with Crippen LogP contribution in [0.2, 0.25) is 0 Å². The molecule has 2 saturated carbocycles. The molecule has 1 aromatic rings. The Morgan fingerprint density at radius 3 is 2.00 bits per heavy atom. The first-order chi connectivity index (χ1) is 14.6. The van der Waals surface area contributed by atoms with Crippen LogP contribution in [0, 0.1) is 35.3 Å². The van der Waals surface area contributed by atoms with E-state index in [1.165, 1.54) is 50.7 Å². The SMILES string of the molecule is CCOc1ccc(OCC2CCC(C3CCC(/C=C/CCF)CC3)CC2)c(F)c1F. The fourth-order valence-corrected chi connectivity index (χ4v) is 5.09. The second kappa shape index (κ2) is 11.7. The Morgan fingerprint density at radius 1 is 0.867 bits per heavy atom. The average Bonchev–Trinajstić information content (AvgIpc) is 2.78. The van der Waals surface area contributed by atoms with E-state index in [4.69, 9.17) is 9.47 Å². The number of hydrogen-bond acceptors (Lipinski definition) is 2. The third kappa shape index (κ3) is 6.18. The van der Waals surface area contributed by atoms with Crippen LogP contribution in [-0.4, -0.2) is 19.9 Å². The highest BCUT2D eigenvalue weighted by Crippen LogP contribution is 2.42. The van der Waals surface area contributed by atoms with Gasteiger partial charge in [0.2, 0.25) is 11.6 Å². The van der Waals surface area contributed by atoms with E-state index in [2.05, 4.69) is 6.08 Å². The molecule has 0 bridgehead atoms. The Morgan fingerprint density at radius 2 is 1.43 bits per heavy atom. The van der Waals surface area contributed by atoms with Gasteiger partial charge in [-0.1, -0.05) is 12.2 Å². The van der Waals surface area contributed by atoms with Gasteiger partial charge in [0.05, 0.1) is 19.9 Å². The molecule has 0 atom stereocenters. The van der Waals surface area contributed by atoms with Crippen molar-refractivity contribution in [3.63, 3.8) is 0 Å².